The van der Waals surface area contributed by atoms with Gasteiger partial charge in [-0.25, -0.2) is 23.4 Å². The SMILES string of the molecule is CC(CNc1ncnc2ncccc12)c1ccc(S(C)(=O)=O)cc1. The molecule has 1 N–H and O–H groups in total. The Bertz CT molecular complexity index is 950. The highest BCUT2D eigenvalue weighted by atomic mass is 32.2. The summed E-state index contributed by atoms with van der Waals surface area (Å²) in [4.78, 5) is 13.0. The van der Waals surface area contributed by atoms with Gasteiger partial charge in [-0.05, 0) is 35.7 Å². The lowest BCUT2D eigenvalue weighted by atomic mass is 10.0. The molecule has 0 aliphatic carbocycles. The predicted octanol–water partition coefficient (Wildman–Crippen LogP) is 2.64. The van der Waals surface area contributed by atoms with E-state index in [1.165, 1.54) is 12.6 Å². The molecule has 0 saturated carbocycles. The fourth-order valence-electron chi connectivity index (χ4n) is 2.45. The van der Waals surface area contributed by atoms with Gasteiger partial charge in [0.15, 0.2) is 15.5 Å². The van der Waals surface area contributed by atoms with Crippen LogP contribution in [0.2, 0.25) is 0 Å². The lowest BCUT2D eigenvalue weighted by molar-refractivity contribution is 0.602. The number of hydrogen-bond donors (Lipinski definition) is 1. The molecule has 124 valence electrons. The number of anilines is 1. The van der Waals surface area contributed by atoms with Crippen LogP contribution in [0.25, 0.3) is 11.0 Å². The lowest BCUT2D eigenvalue weighted by Gasteiger charge is -2.14. The van der Waals surface area contributed by atoms with Crippen molar-refractivity contribution >= 4 is 26.7 Å². The summed E-state index contributed by atoms with van der Waals surface area (Å²) < 4.78 is 23.0. The minimum absolute atomic E-state index is 0.195. The highest BCUT2D eigenvalue weighted by Crippen LogP contribution is 2.21. The monoisotopic (exact) mass is 342 g/mol. The minimum Gasteiger partial charge on any atom is -0.369 e. The van der Waals surface area contributed by atoms with Crippen LogP contribution in [0.15, 0.2) is 53.8 Å². The summed E-state index contributed by atoms with van der Waals surface area (Å²) in [5.74, 6) is 0.938. The molecule has 1 unspecified atom stereocenters. The Morgan fingerprint density at radius 2 is 1.83 bits per heavy atom. The molecule has 24 heavy (non-hydrogen) atoms. The normalized spacial score (nSPS) is 12.9. The van der Waals surface area contributed by atoms with Crippen LogP contribution in [0.4, 0.5) is 5.82 Å². The first kappa shape index (κ1) is 16.3. The lowest BCUT2D eigenvalue weighted by Crippen LogP contribution is -2.11. The summed E-state index contributed by atoms with van der Waals surface area (Å²) in [5.41, 5.74) is 1.71. The molecule has 0 spiro atoms. The molecule has 6 nitrogen and oxygen atoms in total. The van der Waals surface area contributed by atoms with E-state index in [4.69, 9.17) is 0 Å². The van der Waals surface area contributed by atoms with Crippen LogP contribution in [0.3, 0.4) is 0 Å². The molecule has 0 radical (unpaired) electrons. The second kappa shape index (κ2) is 6.52. The summed E-state index contributed by atoms with van der Waals surface area (Å²) >= 11 is 0. The second-order valence-electron chi connectivity index (χ2n) is 5.72. The zero-order chi connectivity index (χ0) is 17.2. The van der Waals surface area contributed by atoms with Gasteiger partial charge >= 0.3 is 0 Å². The number of benzene rings is 1. The van der Waals surface area contributed by atoms with Crippen LogP contribution < -0.4 is 5.32 Å². The van der Waals surface area contributed by atoms with Crippen LogP contribution in [0, 0.1) is 0 Å². The number of sulfone groups is 1. The Kier molecular flexibility index (Phi) is 4.44. The quantitative estimate of drug-likeness (QED) is 0.767. The van der Waals surface area contributed by atoms with Gasteiger partial charge in [0.2, 0.25) is 0 Å². The van der Waals surface area contributed by atoms with Crippen molar-refractivity contribution < 1.29 is 8.42 Å². The van der Waals surface area contributed by atoms with Crippen molar-refractivity contribution in [3.8, 4) is 0 Å². The molecule has 0 aliphatic heterocycles. The van der Waals surface area contributed by atoms with Gasteiger partial charge in [-0.3, -0.25) is 0 Å². The predicted molar refractivity (Wildman–Crippen MR) is 93.8 cm³/mol. The van der Waals surface area contributed by atoms with E-state index in [-0.39, 0.29) is 5.92 Å². The molecule has 1 aromatic carbocycles. The molecular weight excluding hydrogens is 324 g/mol. The number of fused-ring (bicyclic) bond motifs is 1. The number of rotatable bonds is 5. The van der Waals surface area contributed by atoms with E-state index >= 15 is 0 Å². The molecular formula is C17H18N4O2S. The molecule has 2 aromatic heterocycles. The summed E-state index contributed by atoms with van der Waals surface area (Å²) in [6.07, 6.45) is 4.40. The van der Waals surface area contributed by atoms with Gasteiger partial charge in [0.25, 0.3) is 0 Å². The number of hydrogen-bond acceptors (Lipinski definition) is 6. The van der Waals surface area contributed by atoms with Crippen LogP contribution in [0.1, 0.15) is 18.4 Å². The average molecular weight is 342 g/mol. The summed E-state index contributed by atoms with van der Waals surface area (Å²) in [6.45, 7) is 2.74. The van der Waals surface area contributed by atoms with Crippen molar-refractivity contribution in [2.45, 2.75) is 17.7 Å². The van der Waals surface area contributed by atoms with Crippen molar-refractivity contribution in [3.05, 3.63) is 54.5 Å². The minimum atomic E-state index is -3.16. The topological polar surface area (TPSA) is 84.8 Å². The zero-order valence-electron chi connectivity index (χ0n) is 13.5. The third kappa shape index (κ3) is 3.51. The van der Waals surface area contributed by atoms with Crippen molar-refractivity contribution in [2.75, 3.05) is 18.1 Å². The standard InChI is InChI=1S/C17H18N4O2S/c1-12(13-5-7-14(8-6-13)24(2,22)23)10-19-17-15-4-3-9-18-16(15)20-11-21-17/h3-9,11-12H,10H2,1-2H3,(H,18,19,20,21). The zero-order valence-corrected chi connectivity index (χ0v) is 14.3. The highest BCUT2D eigenvalue weighted by molar-refractivity contribution is 7.90. The largest absolute Gasteiger partial charge is 0.369 e. The van der Waals surface area contributed by atoms with Gasteiger partial charge in [0.1, 0.15) is 12.1 Å². The molecule has 3 rings (SSSR count). The molecule has 1 atom stereocenters. The summed E-state index contributed by atoms with van der Waals surface area (Å²) in [6, 6.07) is 10.8. The second-order valence-corrected chi connectivity index (χ2v) is 7.74. The maximum atomic E-state index is 11.5. The third-order valence-corrected chi connectivity index (χ3v) is 4.99. The molecule has 0 amide bonds. The van der Waals surface area contributed by atoms with Crippen molar-refractivity contribution in [1.29, 1.82) is 0 Å². The Balaban J connectivity index is 1.74. The van der Waals surface area contributed by atoms with Crippen LogP contribution >= 0.6 is 0 Å². The van der Waals surface area contributed by atoms with Gasteiger partial charge in [-0.15, -0.1) is 0 Å². The Labute approximate surface area is 140 Å². The number of aromatic nitrogens is 3. The maximum Gasteiger partial charge on any atom is 0.175 e. The first-order valence-corrected chi connectivity index (χ1v) is 9.44. The molecule has 0 saturated heterocycles. The van der Waals surface area contributed by atoms with Crippen molar-refractivity contribution in [1.82, 2.24) is 15.0 Å². The smallest absolute Gasteiger partial charge is 0.175 e. The van der Waals surface area contributed by atoms with Gasteiger partial charge in [-0.1, -0.05) is 19.1 Å². The molecule has 3 aromatic rings. The van der Waals surface area contributed by atoms with Crippen LogP contribution in [0.5, 0.6) is 0 Å². The van der Waals surface area contributed by atoms with E-state index < -0.39 is 9.84 Å². The van der Waals surface area contributed by atoms with E-state index in [9.17, 15) is 8.42 Å². The maximum absolute atomic E-state index is 11.5. The van der Waals surface area contributed by atoms with Crippen LogP contribution in [-0.4, -0.2) is 36.2 Å². The fraction of sp³-hybridized carbons (Fsp3) is 0.235. The van der Waals surface area contributed by atoms with Gasteiger partial charge in [0, 0.05) is 19.0 Å². The van der Waals surface area contributed by atoms with E-state index in [0.717, 1.165) is 16.8 Å². The highest BCUT2D eigenvalue weighted by Gasteiger charge is 2.11. The first-order valence-electron chi connectivity index (χ1n) is 7.55. The molecule has 0 aliphatic rings. The van der Waals surface area contributed by atoms with E-state index in [2.05, 4.69) is 27.2 Å². The molecule has 0 bridgehead atoms. The summed E-state index contributed by atoms with van der Waals surface area (Å²) in [7, 11) is -3.16. The fourth-order valence-corrected chi connectivity index (χ4v) is 3.08. The molecule has 0 fully saturated rings. The van der Waals surface area contributed by atoms with Crippen molar-refractivity contribution in [2.24, 2.45) is 0 Å². The van der Waals surface area contributed by atoms with E-state index in [1.54, 1.807) is 18.3 Å². The van der Waals surface area contributed by atoms with E-state index in [0.29, 0.717) is 17.1 Å². The van der Waals surface area contributed by atoms with Crippen LogP contribution in [-0.2, 0) is 9.84 Å². The Morgan fingerprint density at radius 3 is 2.54 bits per heavy atom. The van der Waals surface area contributed by atoms with Gasteiger partial charge in [0.05, 0.1) is 10.3 Å². The number of pyridine rings is 1. The Morgan fingerprint density at radius 1 is 1.08 bits per heavy atom. The van der Waals surface area contributed by atoms with Crippen molar-refractivity contribution in [3.63, 3.8) is 0 Å². The molecule has 7 heteroatoms. The third-order valence-electron chi connectivity index (χ3n) is 3.86. The Hall–Kier alpha value is -2.54. The number of nitrogens with one attached hydrogen (secondary N) is 1. The molecule has 2 heterocycles. The van der Waals surface area contributed by atoms with Gasteiger partial charge < -0.3 is 5.32 Å². The first-order chi connectivity index (χ1) is 11.4. The number of nitrogens with zero attached hydrogens (tertiary/aromatic N) is 3. The van der Waals surface area contributed by atoms with Gasteiger partial charge in [-0.2, -0.15) is 0 Å². The average Bonchev–Trinajstić information content (AvgIpc) is 2.59. The summed E-state index contributed by atoms with van der Waals surface area (Å²) in [5, 5.41) is 4.20. The van der Waals surface area contributed by atoms with E-state index in [1.807, 2.05) is 24.3 Å².